The van der Waals surface area contributed by atoms with Gasteiger partial charge in [-0.2, -0.15) is 0 Å². The van der Waals surface area contributed by atoms with E-state index in [0.29, 0.717) is 23.0 Å². The van der Waals surface area contributed by atoms with Crippen molar-refractivity contribution in [2.75, 3.05) is 4.90 Å². The number of carbonyl (C=O) groups is 2. The Morgan fingerprint density at radius 3 is 2.54 bits per heavy atom. The quantitative estimate of drug-likeness (QED) is 0.416. The molecule has 2 amide bonds. The van der Waals surface area contributed by atoms with Crippen molar-refractivity contribution in [3.63, 3.8) is 0 Å². The molecule has 0 aliphatic heterocycles. The standard InChI is InChI=1S/C26H27FN6O2/c1-4-26(2,3)29-25(35)24(18-12-14-28-15-13-18)33(20-9-7-8-19(27)16-20)23(34)17-32-22-11-6-5-10-21(22)30-31-32/h5-16,24H,4,17H2,1-3H3,(H,29,35). The minimum Gasteiger partial charge on any atom is -0.349 e. The average Bonchev–Trinajstić information content (AvgIpc) is 3.25. The van der Waals surface area contributed by atoms with Crippen molar-refractivity contribution in [1.82, 2.24) is 25.3 Å². The SMILES string of the molecule is CCC(C)(C)NC(=O)C(c1ccncc1)N(C(=O)Cn1nnc2ccccc21)c1cccc(F)c1. The molecule has 180 valence electrons. The number of hydrogen-bond donors (Lipinski definition) is 1. The average molecular weight is 475 g/mol. The lowest BCUT2D eigenvalue weighted by Gasteiger charge is -2.34. The normalized spacial score (nSPS) is 12.3. The first-order valence-corrected chi connectivity index (χ1v) is 11.4. The number of anilines is 1. The molecular formula is C26H27FN6O2. The fourth-order valence-electron chi connectivity index (χ4n) is 3.76. The lowest BCUT2D eigenvalue weighted by molar-refractivity contribution is -0.128. The zero-order chi connectivity index (χ0) is 25.0. The number of halogens is 1. The Kier molecular flexibility index (Phi) is 6.86. The van der Waals surface area contributed by atoms with Crippen LogP contribution in [0.3, 0.4) is 0 Å². The van der Waals surface area contributed by atoms with E-state index >= 15 is 0 Å². The molecule has 0 aliphatic rings. The Labute approximate surface area is 202 Å². The third-order valence-corrected chi connectivity index (χ3v) is 5.93. The van der Waals surface area contributed by atoms with E-state index in [0.717, 1.165) is 0 Å². The van der Waals surface area contributed by atoms with Crippen LogP contribution in [0.4, 0.5) is 10.1 Å². The van der Waals surface area contributed by atoms with Crippen LogP contribution in [0.2, 0.25) is 0 Å². The summed E-state index contributed by atoms with van der Waals surface area (Å²) in [6, 6.07) is 15.2. The van der Waals surface area contributed by atoms with E-state index in [1.807, 2.05) is 39.0 Å². The van der Waals surface area contributed by atoms with E-state index in [-0.39, 0.29) is 18.1 Å². The van der Waals surface area contributed by atoms with Gasteiger partial charge in [-0.3, -0.25) is 19.5 Å². The van der Waals surface area contributed by atoms with Gasteiger partial charge in [0.1, 0.15) is 23.9 Å². The van der Waals surface area contributed by atoms with E-state index in [9.17, 15) is 14.0 Å². The number of benzene rings is 2. The molecule has 9 heteroatoms. The van der Waals surface area contributed by atoms with E-state index in [4.69, 9.17) is 0 Å². The molecule has 2 aromatic carbocycles. The maximum absolute atomic E-state index is 14.3. The van der Waals surface area contributed by atoms with Crippen LogP contribution in [0.1, 0.15) is 38.8 Å². The highest BCUT2D eigenvalue weighted by Gasteiger charge is 2.35. The van der Waals surface area contributed by atoms with Gasteiger partial charge in [0.25, 0.3) is 0 Å². The van der Waals surface area contributed by atoms with Crippen LogP contribution in [-0.4, -0.2) is 37.3 Å². The minimum absolute atomic E-state index is 0.191. The Morgan fingerprint density at radius 1 is 1.09 bits per heavy atom. The van der Waals surface area contributed by atoms with Gasteiger partial charge < -0.3 is 5.32 Å². The summed E-state index contributed by atoms with van der Waals surface area (Å²) in [6.45, 7) is 5.59. The highest BCUT2D eigenvalue weighted by atomic mass is 19.1. The largest absolute Gasteiger partial charge is 0.349 e. The summed E-state index contributed by atoms with van der Waals surface area (Å²) in [7, 11) is 0. The van der Waals surface area contributed by atoms with E-state index in [2.05, 4.69) is 20.6 Å². The smallest absolute Gasteiger partial charge is 0.249 e. The van der Waals surface area contributed by atoms with Gasteiger partial charge in [0, 0.05) is 23.6 Å². The molecule has 4 aromatic rings. The maximum atomic E-state index is 14.3. The molecule has 2 aromatic heterocycles. The first kappa shape index (κ1) is 24.0. The zero-order valence-corrected chi connectivity index (χ0v) is 19.9. The number of nitrogens with one attached hydrogen (secondary N) is 1. The minimum atomic E-state index is -1.06. The molecule has 1 atom stereocenters. The summed E-state index contributed by atoms with van der Waals surface area (Å²) >= 11 is 0. The van der Waals surface area contributed by atoms with E-state index in [1.54, 1.807) is 36.7 Å². The molecule has 0 fully saturated rings. The number of amides is 2. The molecule has 0 saturated carbocycles. The van der Waals surface area contributed by atoms with Crippen molar-refractivity contribution in [2.45, 2.75) is 45.3 Å². The fraction of sp³-hybridized carbons (Fsp3) is 0.269. The molecular weight excluding hydrogens is 447 g/mol. The van der Waals surface area contributed by atoms with Gasteiger partial charge in [0.05, 0.1) is 5.52 Å². The monoisotopic (exact) mass is 474 g/mol. The third-order valence-electron chi connectivity index (χ3n) is 5.93. The lowest BCUT2D eigenvalue weighted by Crippen LogP contribution is -2.51. The Bertz CT molecular complexity index is 1340. The van der Waals surface area contributed by atoms with Crippen LogP contribution < -0.4 is 10.2 Å². The summed E-state index contributed by atoms with van der Waals surface area (Å²) in [4.78, 5) is 32.9. The second kappa shape index (κ2) is 10.0. The lowest BCUT2D eigenvalue weighted by atomic mass is 9.98. The molecule has 4 rings (SSSR count). The number of aromatic nitrogens is 4. The van der Waals surface area contributed by atoms with Crippen molar-refractivity contribution < 1.29 is 14.0 Å². The second-order valence-corrected chi connectivity index (χ2v) is 8.89. The summed E-state index contributed by atoms with van der Waals surface area (Å²) in [5.74, 6) is -1.35. The predicted molar refractivity (Wildman–Crippen MR) is 131 cm³/mol. The van der Waals surface area contributed by atoms with Crippen molar-refractivity contribution in [3.05, 3.63) is 84.4 Å². The molecule has 0 radical (unpaired) electrons. The number of nitrogens with zero attached hydrogens (tertiary/aromatic N) is 5. The van der Waals surface area contributed by atoms with Gasteiger partial charge in [0.2, 0.25) is 11.8 Å². The molecule has 0 aliphatic carbocycles. The molecule has 2 heterocycles. The summed E-state index contributed by atoms with van der Waals surface area (Å²) in [5, 5.41) is 11.3. The summed E-state index contributed by atoms with van der Waals surface area (Å²) in [5.41, 5.74) is 1.61. The van der Waals surface area contributed by atoms with Gasteiger partial charge in [-0.15, -0.1) is 5.10 Å². The van der Waals surface area contributed by atoms with Gasteiger partial charge >= 0.3 is 0 Å². The summed E-state index contributed by atoms with van der Waals surface area (Å²) in [6.07, 6.45) is 3.79. The third kappa shape index (κ3) is 5.34. The Balaban J connectivity index is 1.81. The molecule has 1 unspecified atom stereocenters. The predicted octanol–water partition coefficient (Wildman–Crippen LogP) is 4.04. The van der Waals surface area contributed by atoms with Gasteiger partial charge in [-0.05, 0) is 68.3 Å². The molecule has 8 nitrogen and oxygen atoms in total. The van der Waals surface area contributed by atoms with E-state index < -0.39 is 23.3 Å². The number of fused-ring (bicyclic) bond motifs is 1. The maximum Gasteiger partial charge on any atom is 0.249 e. The molecule has 0 spiro atoms. The Hall–Kier alpha value is -4.14. The van der Waals surface area contributed by atoms with E-state index in [1.165, 1.54) is 27.8 Å². The number of pyridine rings is 1. The van der Waals surface area contributed by atoms with Gasteiger partial charge in [-0.1, -0.05) is 30.3 Å². The molecule has 0 bridgehead atoms. The molecule has 35 heavy (non-hydrogen) atoms. The first-order valence-electron chi connectivity index (χ1n) is 11.4. The first-order chi connectivity index (χ1) is 16.8. The van der Waals surface area contributed by atoms with Crippen molar-refractivity contribution in [3.8, 4) is 0 Å². The molecule has 1 N–H and O–H groups in total. The summed E-state index contributed by atoms with van der Waals surface area (Å²) < 4.78 is 15.8. The zero-order valence-electron chi connectivity index (χ0n) is 19.9. The van der Waals surface area contributed by atoms with Crippen LogP contribution in [-0.2, 0) is 16.1 Å². The number of hydrogen-bond acceptors (Lipinski definition) is 5. The van der Waals surface area contributed by atoms with Crippen molar-refractivity contribution >= 4 is 28.5 Å². The molecule has 0 saturated heterocycles. The highest BCUT2D eigenvalue weighted by molar-refractivity contribution is 6.01. The van der Waals surface area contributed by atoms with Gasteiger partial charge in [0.15, 0.2) is 0 Å². The van der Waals surface area contributed by atoms with Gasteiger partial charge in [-0.25, -0.2) is 9.07 Å². The Morgan fingerprint density at radius 2 is 1.83 bits per heavy atom. The number of para-hydroxylation sites is 1. The van der Waals surface area contributed by atoms with Crippen molar-refractivity contribution in [1.29, 1.82) is 0 Å². The number of carbonyl (C=O) groups excluding carboxylic acids is 2. The van der Waals surface area contributed by atoms with Crippen LogP contribution in [0.25, 0.3) is 11.0 Å². The topological polar surface area (TPSA) is 93.0 Å². The second-order valence-electron chi connectivity index (χ2n) is 8.89. The number of rotatable bonds is 8. The fourth-order valence-corrected chi connectivity index (χ4v) is 3.76. The van der Waals surface area contributed by atoms with Crippen molar-refractivity contribution in [2.24, 2.45) is 0 Å². The highest BCUT2D eigenvalue weighted by Crippen LogP contribution is 2.30. The van der Waals surface area contributed by atoms with Crippen LogP contribution >= 0.6 is 0 Å². The van der Waals surface area contributed by atoms with Crippen LogP contribution in [0.15, 0.2) is 73.1 Å². The van der Waals surface area contributed by atoms with Crippen LogP contribution in [0.5, 0.6) is 0 Å². The van der Waals surface area contributed by atoms with Crippen LogP contribution in [0, 0.1) is 5.82 Å².